The second kappa shape index (κ2) is 14.5. The number of amides is 2. The van der Waals surface area contributed by atoms with Crippen LogP contribution in [0.25, 0.3) is 32.0 Å². The molecule has 8 rings (SSSR count). The molecular weight excluding hydrogens is 657 g/mol. The van der Waals surface area contributed by atoms with Gasteiger partial charge >= 0.3 is 0 Å². The zero-order chi connectivity index (χ0) is 33.9. The molecule has 0 N–H and O–H groups in total. The molecule has 2 amide bonds. The van der Waals surface area contributed by atoms with Crippen molar-refractivity contribution in [1.82, 2.24) is 19.8 Å². The molecule has 4 heterocycles. The van der Waals surface area contributed by atoms with Gasteiger partial charge in [0, 0.05) is 25.5 Å². The van der Waals surface area contributed by atoms with Crippen LogP contribution in [0.5, 0.6) is 0 Å². The lowest BCUT2D eigenvalue weighted by Gasteiger charge is -2.23. The predicted molar refractivity (Wildman–Crippen MR) is 202 cm³/mol. The van der Waals surface area contributed by atoms with Crippen molar-refractivity contribution < 1.29 is 9.59 Å². The first kappa shape index (κ1) is 32.3. The Balaban J connectivity index is 0.910. The minimum atomic E-state index is 0.0524. The second-order valence-corrected chi connectivity index (χ2v) is 15.2. The standard InChI is InChI=1S/C42H38N4O2S2/c47-39(25-29-9-3-1-4-10-29)45-23-7-13-35(45)41-43-27-37(49-41)33-19-15-31(16-20-33)32-17-21-34(22-18-32)38-28-44-42(50-38)36-14-8-24-46(36)40(48)26-30-11-5-2-6-12-30/h1-6,9-12,15-22,27-28,35-36H,7-8,13-14,23-26H2/t35-,36-/m1/s1. The SMILES string of the molecule is O=C(Cc1ccccc1)N1CCC[C@@H]1c1ncc(-c2ccc(-c3ccc(-c4cnc([C@H]5CCCN5C(=O)Cc5ccccc5)s4)cc3)cc2)s1. The average Bonchev–Trinajstić information content (AvgIpc) is 3.99. The molecular formula is C42H38N4O2S2. The summed E-state index contributed by atoms with van der Waals surface area (Å²) in [7, 11) is 0. The van der Waals surface area contributed by atoms with Crippen LogP contribution in [0.2, 0.25) is 0 Å². The lowest BCUT2D eigenvalue weighted by molar-refractivity contribution is -0.132. The van der Waals surface area contributed by atoms with Crippen LogP contribution in [-0.4, -0.2) is 44.7 Å². The van der Waals surface area contributed by atoms with Crippen LogP contribution >= 0.6 is 22.7 Å². The smallest absolute Gasteiger partial charge is 0.227 e. The molecule has 50 heavy (non-hydrogen) atoms. The van der Waals surface area contributed by atoms with Gasteiger partial charge in [-0.3, -0.25) is 9.59 Å². The molecule has 0 saturated carbocycles. The zero-order valence-electron chi connectivity index (χ0n) is 27.8. The van der Waals surface area contributed by atoms with E-state index in [1.165, 1.54) is 0 Å². The molecule has 2 aliphatic rings. The number of hydrogen-bond acceptors (Lipinski definition) is 6. The van der Waals surface area contributed by atoms with E-state index in [0.717, 1.165) is 91.9 Å². The number of nitrogens with zero attached hydrogens (tertiary/aromatic N) is 4. The van der Waals surface area contributed by atoms with E-state index < -0.39 is 0 Å². The van der Waals surface area contributed by atoms with Gasteiger partial charge in [0.2, 0.25) is 11.8 Å². The largest absolute Gasteiger partial charge is 0.333 e. The molecule has 0 unspecified atom stereocenters. The van der Waals surface area contributed by atoms with Crippen LogP contribution in [-0.2, 0) is 22.4 Å². The van der Waals surface area contributed by atoms with Crippen LogP contribution in [0.1, 0.15) is 58.9 Å². The topological polar surface area (TPSA) is 66.4 Å². The van der Waals surface area contributed by atoms with Gasteiger partial charge in [0.25, 0.3) is 0 Å². The molecule has 8 heteroatoms. The van der Waals surface area contributed by atoms with Gasteiger partial charge in [-0.25, -0.2) is 9.97 Å². The van der Waals surface area contributed by atoms with Gasteiger partial charge in [-0.15, -0.1) is 22.7 Å². The molecule has 250 valence electrons. The fourth-order valence-corrected chi connectivity index (χ4v) is 9.33. The number of aromatic nitrogens is 2. The number of carbonyl (C=O) groups excluding carboxylic acids is 2. The normalized spacial score (nSPS) is 17.4. The van der Waals surface area contributed by atoms with Crippen molar-refractivity contribution in [3.8, 4) is 32.0 Å². The minimum absolute atomic E-state index is 0.0524. The zero-order valence-corrected chi connectivity index (χ0v) is 29.4. The summed E-state index contributed by atoms with van der Waals surface area (Å²) >= 11 is 3.39. The van der Waals surface area contributed by atoms with Crippen LogP contribution in [0.4, 0.5) is 0 Å². The predicted octanol–water partition coefficient (Wildman–Crippen LogP) is 9.41. The number of thiazole rings is 2. The number of rotatable bonds is 9. The summed E-state index contributed by atoms with van der Waals surface area (Å²) in [5, 5.41) is 2.04. The van der Waals surface area contributed by atoms with E-state index in [9.17, 15) is 9.59 Å². The highest BCUT2D eigenvalue weighted by Crippen LogP contribution is 2.40. The van der Waals surface area contributed by atoms with Crippen molar-refractivity contribution in [3.63, 3.8) is 0 Å². The first-order chi connectivity index (χ1) is 24.6. The molecule has 2 fully saturated rings. The van der Waals surface area contributed by atoms with Crippen LogP contribution in [0.15, 0.2) is 122 Å². The summed E-state index contributed by atoms with van der Waals surface area (Å²) in [6.07, 6.45) is 8.70. The van der Waals surface area contributed by atoms with Crippen molar-refractivity contribution in [1.29, 1.82) is 0 Å². The molecule has 2 saturated heterocycles. The van der Waals surface area contributed by atoms with Gasteiger partial charge < -0.3 is 9.80 Å². The van der Waals surface area contributed by atoms with Gasteiger partial charge in [0.15, 0.2) is 0 Å². The fourth-order valence-electron chi connectivity index (χ4n) is 7.19. The Morgan fingerprint density at radius 1 is 0.540 bits per heavy atom. The maximum absolute atomic E-state index is 13.2. The van der Waals surface area contributed by atoms with Gasteiger partial charge in [0.05, 0.1) is 34.7 Å². The first-order valence-corrected chi connectivity index (χ1v) is 19.0. The second-order valence-electron chi connectivity index (χ2n) is 13.1. The molecule has 4 aromatic carbocycles. The first-order valence-electron chi connectivity index (χ1n) is 17.4. The number of benzene rings is 4. The van der Waals surface area contributed by atoms with E-state index >= 15 is 0 Å². The van der Waals surface area contributed by atoms with Crippen LogP contribution < -0.4 is 0 Å². The summed E-state index contributed by atoms with van der Waals surface area (Å²) < 4.78 is 0. The van der Waals surface area contributed by atoms with E-state index in [0.29, 0.717) is 12.8 Å². The Morgan fingerprint density at radius 2 is 0.920 bits per heavy atom. The maximum Gasteiger partial charge on any atom is 0.227 e. The van der Waals surface area contributed by atoms with Crippen molar-refractivity contribution in [2.75, 3.05) is 13.1 Å². The van der Waals surface area contributed by atoms with E-state index in [-0.39, 0.29) is 23.9 Å². The Hall–Kier alpha value is -4.92. The number of likely N-dealkylation sites (tertiary alicyclic amines) is 2. The molecule has 0 aliphatic carbocycles. The molecule has 0 bridgehead atoms. The third-order valence-electron chi connectivity index (χ3n) is 9.83. The third kappa shape index (κ3) is 6.91. The van der Waals surface area contributed by atoms with E-state index in [4.69, 9.17) is 9.97 Å². The van der Waals surface area contributed by atoms with Crippen molar-refractivity contribution in [2.24, 2.45) is 0 Å². The summed E-state index contributed by atoms with van der Waals surface area (Å²) in [6.45, 7) is 1.58. The molecule has 2 aliphatic heterocycles. The molecule has 2 atom stereocenters. The van der Waals surface area contributed by atoms with E-state index in [1.807, 2.05) is 82.9 Å². The highest BCUT2D eigenvalue weighted by Gasteiger charge is 2.33. The van der Waals surface area contributed by atoms with E-state index in [1.54, 1.807) is 22.7 Å². The van der Waals surface area contributed by atoms with Crippen molar-refractivity contribution >= 4 is 34.5 Å². The third-order valence-corrected chi connectivity index (χ3v) is 12.1. The highest BCUT2D eigenvalue weighted by molar-refractivity contribution is 7.15. The van der Waals surface area contributed by atoms with Gasteiger partial charge in [0.1, 0.15) is 10.0 Å². The van der Waals surface area contributed by atoms with Crippen molar-refractivity contribution in [3.05, 3.63) is 143 Å². The van der Waals surface area contributed by atoms with Crippen LogP contribution in [0, 0.1) is 0 Å². The number of carbonyl (C=O) groups is 2. The van der Waals surface area contributed by atoms with Crippen molar-refractivity contribution in [2.45, 2.75) is 50.6 Å². The fraction of sp³-hybridized carbons (Fsp3) is 0.238. The molecule has 6 aromatic rings. The lowest BCUT2D eigenvalue weighted by Crippen LogP contribution is -2.31. The summed E-state index contributed by atoms with van der Waals surface area (Å²) in [6, 6.07) is 37.4. The summed E-state index contributed by atoms with van der Waals surface area (Å²) in [5.74, 6) is 0.348. The minimum Gasteiger partial charge on any atom is -0.333 e. The molecule has 0 spiro atoms. The Kier molecular flexibility index (Phi) is 9.37. The Morgan fingerprint density at radius 3 is 1.32 bits per heavy atom. The lowest BCUT2D eigenvalue weighted by atomic mass is 10.0. The molecule has 0 radical (unpaired) electrons. The highest BCUT2D eigenvalue weighted by atomic mass is 32.1. The Labute approximate surface area is 301 Å². The van der Waals surface area contributed by atoms with Gasteiger partial charge in [-0.2, -0.15) is 0 Å². The van der Waals surface area contributed by atoms with Gasteiger partial charge in [-0.05, 0) is 59.1 Å². The number of hydrogen-bond donors (Lipinski definition) is 0. The monoisotopic (exact) mass is 694 g/mol. The molecule has 6 nitrogen and oxygen atoms in total. The van der Waals surface area contributed by atoms with Crippen LogP contribution in [0.3, 0.4) is 0 Å². The quantitative estimate of drug-likeness (QED) is 0.151. The Bertz CT molecular complexity index is 1920. The van der Waals surface area contributed by atoms with Gasteiger partial charge in [-0.1, -0.05) is 109 Å². The summed E-state index contributed by atoms with van der Waals surface area (Å²) in [5.41, 5.74) is 6.68. The molecule has 2 aromatic heterocycles. The summed E-state index contributed by atoms with van der Waals surface area (Å²) in [4.78, 5) is 42.2. The maximum atomic E-state index is 13.2. The average molecular weight is 695 g/mol. The van der Waals surface area contributed by atoms with E-state index in [2.05, 4.69) is 48.5 Å².